The van der Waals surface area contributed by atoms with Gasteiger partial charge in [0.25, 0.3) is 0 Å². The first-order valence-electron chi connectivity index (χ1n) is 14.8. The molecule has 0 bridgehead atoms. The number of unbranched alkanes of at least 4 members (excludes halogenated alkanes) is 6. The maximum Gasteiger partial charge on any atom is 0.231 e. The maximum absolute atomic E-state index is 9.33. The van der Waals surface area contributed by atoms with E-state index in [9.17, 15) is 30.6 Å². The van der Waals surface area contributed by atoms with E-state index in [4.69, 9.17) is 15.0 Å². The summed E-state index contributed by atoms with van der Waals surface area (Å²) in [5.74, 6) is 1.65. The van der Waals surface area contributed by atoms with Crippen molar-refractivity contribution in [2.45, 2.75) is 77.0 Å². The molecule has 0 radical (unpaired) electrons. The first-order valence-corrected chi connectivity index (χ1v) is 14.8. The van der Waals surface area contributed by atoms with E-state index in [1.54, 1.807) is 0 Å². The molecule has 0 atom stereocenters. The molecule has 0 saturated carbocycles. The maximum atomic E-state index is 9.33. The molecule has 1 heterocycles. The zero-order valence-electron chi connectivity index (χ0n) is 23.8. The highest BCUT2D eigenvalue weighted by Crippen LogP contribution is 2.22. The summed E-state index contributed by atoms with van der Waals surface area (Å²) in [6, 6.07) is 0. The molecule has 39 heavy (non-hydrogen) atoms. The quantitative estimate of drug-likeness (QED) is 0.0846. The van der Waals surface area contributed by atoms with Crippen LogP contribution in [0.15, 0.2) is 0 Å². The first-order chi connectivity index (χ1) is 19.1. The van der Waals surface area contributed by atoms with E-state index in [2.05, 4.69) is 14.7 Å². The van der Waals surface area contributed by atoms with E-state index in [0.29, 0.717) is 95.6 Å². The standard InChI is InChI=1S/C27H54N6O6/c34-19-7-1-13-31(14-2-8-20-35)25-28-26(32(15-3-9-21-36)16-4-10-22-37)30-27(29-25)33(17-5-11-23-38)18-6-12-24-39/h34-39H,1-24H2. The van der Waals surface area contributed by atoms with Crippen LogP contribution in [0.25, 0.3) is 0 Å². The molecule has 0 fully saturated rings. The van der Waals surface area contributed by atoms with Gasteiger partial charge in [-0.3, -0.25) is 0 Å². The van der Waals surface area contributed by atoms with Gasteiger partial charge in [-0.25, -0.2) is 0 Å². The summed E-state index contributed by atoms with van der Waals surface area (Å²) in [5.41, 5.74) is 0. The molecule has 1 rings (SSSR count). The Morgan fingerprint density at radius 2 is 0.487 bits per heavy atom. The third kappa shape index (κ3) is 15.5. The fourth-order valence-corrected chi connectivity index (χ4v) is 4.19. The third-order valence-corrected chi connectivity index (χ3v) is 6.47. The first kappa shape index (κ1) is 35.2. The van der Waals surface area contributed by atoms with E-state index >= 15 is 0 Å². The zero-order valence-corrected chi connectivity index (χ0v) is 23.8. The van der Waals surface area contributed by atoms with E-state index in [0.717, 1.165) is 38.5 Å². The predicted octanol–water partition coefficient (Wildman–Crippen LogP) is 0.926. The van der Waals surface area contributed by atoms with Crippen LogP contribution in [0.3, 0.4) is 0 Å². The summed E-state index contributed by atoms with van der Waals surface area (Å²) in [6.07, 6.45) is 8.69. The molecule has 0 spiro atoms. The van der Waals surface area contributed by atoms with Gasteiger partial charge >= 0.3 is 0 Å². The Morgan fingerprint density at radius 3 is 0.641 bits per heavy atom. The van der Waals surface area contributed by atoms with Gasteiger partial charge in [0.2, 0.25) is 17.8 Å². The molecule has 1 aromatic heterocycles. The number of hydrogen-bond acceptors (Lipinski definition) is 12. The highest BCUT2D eigenvalue weighted by atomic mass is 16.3. The Hall–Kier alpha value is -1.83. The number of anilines is 3. The minimum absolute atomic E-state index is 0.116. The van der Waals surface area contributed by atoms with Crippen LogP contribution in [0.4, 0.5) is 17.8 Å². The third-order valence-electron chi connectivity index (χ3n) is 6.47. The number of hydrogen-bond donors (Lipinski definition) is 6. The summed E-state index contributed by atoms with van der Waals surface area (Å²) < 4.78 is 0. The minimum atomic E-state index is 0.116. The van der Waals surface area contributed by atoms with E-state index in [1.807, 2.05) is 0 Å². The van der Waals surface area contributed by atoms with Gasteiger partial charge in [0, 0.05) is 78.9 Å². The van der Waals surface area contributed by atoms with Crippen molar-refractivity contribution in [1.82, 2.24) is 15.0 Å². The average Bonchev–Trinajstić information content (AvgIpc) is 2.95. The van der Waals surface area contributed by atoms with Gasteiger partial charge in [-0.2, -0.15) is 15.0 Å². The number of nitrogens with zero attached hydrogens (tertiary/aromatic N) is 6. The number of aromatic nitrogens is 3. The lowest BCUT2D eigenvalue weighted by molar-refractivity contribution is 0.282. The molecule has 0 unspecified atom stereocenters. The van der Waals surface area contributed by atoms with Gasteiger partial charge in [0.15, 0.2) is 0 Å². The molecular formula is C27H54N6O6. The predicted molar refractivity (Wildman–Crippen MR) is 154 cm³/mol. The molecular weight excluding hydrogens is 504 g/mol. The van der Waals surface area contributed by atoms with Crippen molar-refractivity contribution in [3.63, 3.8) is 0 Å². The minimum Gasteiger partial charge on any atom is -0.396 e. The molecule has 6 N–H and O–H groups in total. The van der Waals surface area contributed by atoms with Crippen molar-refractivity contribution in [1.29, 1.82) is 0 Å². The molecule has 1 aromatic rings. The largest absolute Gasteiger partial charge is 0.396 e. The van der Waals surface area contributed by atoms with Crippen LogP contribution < -0.4 is 14.7 Å². The van der Waals surface area contributed by atoms with Gasteiger partial charge in [0.05, 0.1) is 0 Å². The van der Waals surface area contributed by atoms with Crippen molar-refractivity contribution >= 4 is 17.8 Å². The SMILES string of the molecule is OCCCCN(CCCCO)c1nc(N(CCCCO)CCCCO)nc(N(CCCCO)CCCCO)n1. The van der Waals surface area contributed by atoms with E-state index in [-0.39, 0.29) is 39.6 Å². The second kappa shape index (κ2) is 24.0. The Labute approximate surface area is 234 Å². The van der Waals surface area contributed by atoms with Crippen LogP contribution in [-0.2, 0) is 0 Å². The van der Waals surface area contributed by atoms with Gasteiger partial charge in [-0.15, -0.1) is 0 Å². The van der Waals surface area contributed by atoms with Crippen molar-refractivity contribution < 1.29 is 30.6 Å². The Bertz CT molecular complexity index is 572. The van der Waals surface area contributed by atoms with Crippen LogP contribution in [-0.4, -0.2) is 125 Å². The van der Waals surface area contributed by atoms with Crippen molar-refractivity contribution in [3.05, 3.63) is 0 Å². The Morgan fingerprint density at radius 1 is 0.308 bits per heavy atom. The topological polar surface area (TPSA) is 170 Å². The summed E-state index contributed by atoms with van der Waals surface area (Å²) >= 11 is 0. The van der Waals surface area contributed by atoms with Gasteiger partial charge in [0.1, 0.15) is 0 Å². The summed E-state index contributed by atoms with van der Waals surface area (Å²) in [6.45, 7) is 4.69. The molecule has 12 heteroatoms. The number of aliphatic hydroxyl groups is 6. The van der Waals surface area contributed by atoms with Crippen molar-refractivity contribution in [2.24, 2.45) is 0 Å². The lowest BCUT2D eigenvalue weighted by Crippen LogP contribution is -2.34. The molecule has 228 valence electrons. The van der Waals surface area contributed by atoms with Gasteiger partial charge < -0.3 is 45.3 Å². The smallest absolute Gasteiger partial charge is 0.231 e. The fraction of sp³-hybridized carbons (Fsp3) is 0.889. The summed E-state index contributed by atoms with van der Waals surface area (Å²) in [7, 11) is 0. The molecule has 0 saturated heterocycles. The summed E-state index contributed by atoms with van der Waals surface area (Å²) in [5, 5.41) is 56.0. The lowest BCUT2D eigenvalue weighted by atomic mass is 10.2. The lowest BCUT2D eigenvalue weighted by Gasteiger charge is -2.29. The zero-order chi connectivity index (χ0) is 28.6. The molecule has 0 aliphatic heterocycles. The second-order valence-electron chi connectivity index (χ2n) is 9.78. The van der Waals surface area contributed by atoms with Crippen molar-refractivity contribution in [3.8, 4) is 0 Å². The van der Waals surface area contributed by atoms with Gasteiger partial charge in [-0.05, 0) is 77.0 Å². The Balaban J connectivity index is 3.47. The van der Waals surface area contributed by atoms with Crippen LogP contribution in [0.2, 0.25) is 0 Å². The number of rotatable bonds is 27. The molecule has 0 aromatic carbocycles. The van der Waals surface area contributed by atoms with E-state index in [1.165, 1.54) is 0 Å². The van der Waals surface area contributed by atoms with Crippen LogP contribution in [0, 0.1) is 0 Å². The highest BCUT2D eigenvalue weighted by Gasteiger charge is 2.20. The Kier molecular flexibility index (Phi) is 21.7. The number of aliphatic hydroxyl groups excluding tert-OH is 6. The van der Waals surface area contributed by atoms with Crippen molar-refractivity contribution in [2.75, 3.05) is 93.6 Å². The molecule has 12 nitrogen and oxygen atoms in total. The average molecular weight is 559 g/mol. The highest BCUT2D eigenvalue weighted by molar-refractivity contribution is 5.46. The fourth-order valence-electron chi connectivity index (χ4n) is 4.19. The molecule has 0 aliphatic rings. The monoisotopic (exact) mass is 558 g/mol. The summed E-state index contributed by atoms with van der Waals surface area (Å²) in [4.78, 5) is 21.0. The molecule has 0 aliphatic carbocycles. The normalized spacial score (nSPS) is 11.2. The van der Waals surface area contributed by atoms with Gasteiger partial charge in [-0.1, -0.05) is 0 Å². The van der Waals surface area contributed by atoms with Crippen LogP contribution in [0.5, 0.6) is 0 Å². The molecule has 0 amide bonds. The van der Waals surface area contributed by atoms with Crippen LogP contribution in [0.1, 0.15) is 77.0 Å². The van der Waals surface area contributed by atoms with E-state index < -0.39 is 0 Å². The second-order valence-corrected chi connectivity index (χ2v) is 9.78. The van der Waals surface area contributed by atoms with Crippen LogP contribution >= 0.6 is 0 Å².